The third-order valence-electron chi connectivity index (χ3n) is 3.25. The van der Waals surface area contributed by atoms with Gasteiger partial charge in [-0.1, -0.05) is 0 Å². The Balaban J connectivity index is 2.09. The molecule has 0 saturated carbocycles. The number of nitrogens with zero attached hydrogens (tertiary/aromatic N) is 1. The summed E-state index contributed by atoms with van der Waals surface area (Å²) in [5.41, 5.74) is -0.799. The Hall–Kier alpha value is -2.17. The average Bonchev–Trinajstić information content (AvgIpc) is 2.44. The highest BCUT2D eigenvalue weighted by Crippen LogP contribution is 2.26. The van der Waals surface area contributed by atoms with E-state index in [4.69, 9.17) is 9.29 Å². The minimum Gasteiger partial charge on any atom is -0.490 e. The second-order valence-electron chi connectivity index (χ2n) is 4.98. The summed E-state index contributed by atoms with van der Waals surface area (Å²) in [5.74, 6) is -0.0644. The molecule has 1 heterocycles. The molecule has 0 aliphatic carbocycles. The van der Waals surface area contributed by atoms with Crippen molar-refractivity contribution in [2.24, 2.45) is 0 Å². The number of anilines is 1. The molecule has 1 saturated heterocycles. The minimum atomic E-state index is -4.58. The summed E-state index contributed by atoms with van der Waals surface area (Å²) in [5, 5.41) is 11.4. The number of nitrogens with one attached hydrogen (secondary N) is 1. The van der Waals surface area contributed by atoms with Crippen molar-refractivity contribution in [3.63, 3.8) is 0 Å². The summed E-state index contributed by atoms with van der Waals surface area (Å²) in [6.45, 7) is 1.34. The van der Waals surface area contributed by atoms with E-state index in [-0.39, 0.29) is 24.6 Å². The maximum atomic E-state index is 11.8. The second-order valence-corrected chi connectivity index (χ2v) is 6.56. The van der Waals surface area contributed by atoms with Gasteiger partial charge in [0.05, 0.1) is 0 Å². The second kappa shape index (κ2) is 6.52. The number of amides is 3. The third-order valence-corrected chi connectivity index (χ3v) is 4.07. The van der Waals surface area contributed by atoms with Gasteiger partial charge in [0.15, 0.2) is 0 Å². The lowest BCUT2D eigenvalue weighted by Gasteiger charge is -2.28. The van der Waals surface area contributed by atoms with E-state index in [1.165, 1.54) is 11.0 Å². The van der Waals surface area contributed by atoms with Gasteiger partial charge in [0.25, 0.3) is 10.1 Å². The van der Waals surface area contributed by atoms with Crippen LogP contribution in [0.1, 0.15) is 12.0 Å². The molecule has 0 spiro atoms. The maximum absolute atomic E-state index is 11.8. The van der Waals surface area contributed by atoms with Crippen LogP contribution < -0.4 is 15.0 Å². The van der Waals surface area contributed by atoms with E-state index in [0.717, 1.165) is 0 Å². The summed E-state index contributed by atoms with van der Waals surface area (Å²) in [4.78, 5) is 24.4. The number of imide groups is 1. The molecule has 3 amide bonds. The fraction of sp³-hybridized carbons (Fsp3) is 0.385. The van der Waals surface area contributed by atoms with E-state index < -0.39 is 28.2 Å². The first-order valence-electron chi connectivity index (χ1n) is 6.67. The summed E-state index contributed by atoms with van der Waals surface area (Å²) in [7, 11) is -4.58. The average molecular weight is 344 g/mol. The molecule has 1 fully saturated rings. The number of urea groups is 1. The number of aliphatic hydroxyl groups is 1. The number of aliphatic hydroxyl groups excluding tert-OH is 1. The van der Waals surface area contributed by atoms with Gasteiger partial charge in [-0.3, -0.25) is 19.6 Å². The van der Waals surface area contributed by atoms with E-state index >= 15 is 0 Å². The first-order chi connectivity index (χ1) is 10.7. The van der Waals surface area contributed by atoms with Gasteiger partial charge in [-0.25, -0.2) is 4.79 Å². The van der Waals surface area contributed by atoms with Crippen molar-refractivity contribution < 1.29 is 32.4 Å². The Morgan fingerprint density at radius 1 is 1.39 bits per heavy atom. The van der Waals surface area contributed by atoms with Crippen molar-refractivity contribution in [1.82, 2.24) is 5.32 Å². The highest BCUT2D eigenvalue weighted by Gasteiger charge is 2.25. The number of ether oxygens (including phenoxy) is 1. The smallest absolute Gasteiger partial charge is 0.328 e. The van der Waals surface area contributed by atoms with Crippen LogP contribution >= 0.6 is 0 Å². The molecule has 2 rings (SSSR count). The molecule has 23 heavy (non-hydrogen) atoms. The number of carbonyl (C=O) groups is 2. The predicted octanol–water partition coefficient (Wildman–Crippen LogP) is 0.0263. The van der Waals surface area contributed by atoms with Gasteiger partial charge in [0, 0.05) is 18.7 Å². The molecular weight excluding hydrogens is 328 g/mol. The lowest BCUT2D eigenvalue weighted by atomic mass is 10.1. The molecule has 0 radical (unpaired) electrons. The van der Waals surface area contributed by atoms with E-state index in [2.05, 4.69) is 5.32 Å². The van der Waals surface area contributed by atoms with Gasteiger partial charge >= 0.3 is 6.03 Å². The van der Waals surface area contributed by atoms with Gasteiger partial charge in [-0.2, -0.15) is 8.42 Å². The fourth-order valence-electron chi connectivity index (χ4n) is 2.07. The molecule has 1 aliphatic heterocycles. The van der Waals surface area contributed by atoms with Gasteiger partial charge in [-0.15, -0.1) is 0 Å². The number of hydrogen-bond acceptors (Lipinski definition) is 6. The first-order valence-corrected chi connectivity index (χ1v) is 8.18. The molecule has 0 bridgehead atoms. The molecule has 1 aromatic rings. The van der Waals surface area contributed by atoms with Crippen molar-refractivity contribution in [2.45, 2.75) is 18.8 Å². The van der Waals surface area contributed by atoms with Crippen molar-refractivity contribution in [3.8, 4) is 5.75 Å². The van der Waals surface area contributed by atoms with Crippen LogP contribution in [-0.2, 0) is 14.9 Å². The van der Waals surface area contributed by atoms with Crippen molar-refractivity contribution in [2.75, 3.05) is 18.1 Å². The van der Waals surface area contributed by atoms with E-state index in [0.29, 0.717) is 11.3 Å². The zero-order valence-electron chi connectivity index (χ0n) is 12.2. The lowest BCUT2D eigenvalue weighted by molar-refractivity contribution is -0.120. The number of aryl methyl sites for hydroxylation is 1. The number of hydrogen-bond donors (Lipinski definition) is 3. The SMILES string of the molecule is Cc1cc(OCC(O)S(=O)(=O)O)ccc1N1CCC(=O)NC1=O. The minimum absolute atomic E-state index is 0.198. The summed E-state index contributed by atoms with van der Waals surface area (Å²) < 4.78 is 35.1. The van der Waals surface area contributed by atoms with Crippen molar-refractivity contribution in [1.29, 1.82) is 0 Å². The normalized spacial score (nSPS) is 16.9. The molecular formula is C13H16N2O7S. The monoisotopic (exact) mass is 344 g/mol. The summed E-state index contributed by atoms with van der Waals surface area (Å²) >= 11 is 0. The zero-order chi connectivity index (χ0) is 17.2. The van der Waals surface area contributed by atoms with Crippen LogP contribution in [0.15, 0.2) is 18.2 Å². The van der Waals surface area contributed by atoms with E-state index in [9.17, 15) is 23.1 Å². The summed E-state index contributed by atoms with van der Waals surface area (Å²) in [6, 6.07) is 4.11. The quantitative estimate of drug-likeness (QED) is 0.642. The molecule has 10 heteroatoms. The van der Waals surface area contributed by atoms with Crippen LogP contribution in [0.5, 0.6) is 5.75 Å². The molecule has 0 aromatic heterocycles. The Kier molecular flexibility index (Phi) is 4.88. The Bertz CT molecular complexity index is 732. The topological polar surface area (TPSA) is 133 Å². The van der Waals surface area contributed by atoms with Gasteiger partial charge in [0.1, 0.15) is 12.4 Å². The lowest BCUT2D eigenvalue weighted by Crippen LogP contribution is -2.49. The van der Waals surface area contributed by atoms with Gasteiger partial charge < -0.3 is 9.84 Å². The zero-order valence-corrected chi connectivity index (χ0v) is 13.0. The molecule has 1 atom stereocenters. The number of rotatable bonds is 5. The standard InChI is InChI=1S/C13H16N2O7S/c1-8-6-9(22-7-12(17)23(19,20)21)2-3-10(8)15-5-4-11(16)14-13(15)18/h2-3,6,12,17H,4-5,7H2,1H3,(H,14,16,18)(H,19,20,21). The molecule has 1 unspecified atom stereocenters. The molecule has 126 valence electrons. The Morgan fingerprint density at radius 3 is 2.65 bits per heavy atom. The van der Waals surface area contributed by atoms with Crippen molar-refractivity contribution in [3.05, 3.63) is 23.8 Å². The van der Waals surface area contributed by atoms with Crippen LogP contribution in [0.25, 0.3) is 0 Å². The van der Waals surface area contributed by atoms with Gasteiger partial charge in [0.2, 0.25) is 11.3 Å². The molecule has 1 aromatic carbocycles. The number of benzene rings is 1. The van der Waals surface area contributed by atoms with Crippen LogP contribution in [0.4, 0.5) is 10.5 Å². The maximum Gasteiger partial charge on any atom is 0.328 e. The van der Waals surface area contributed by atoms with Gasteiger partial charge in [-0.05, 0) is 30.7 Å². The van der Waals surface area contributed by atoms with Crippen LogP contribution in [-0.4, -0.2) is 48.6 Å². The fourth-order valence-corrected chi connectivity index (χ4v) is 2.31. The highest BCUT2D eigenvalue weighted by molar-refractivity contribution is 7.86. The third kappa shape index (κ3) is 4.18. The Labute approximate surface area is 132 Å². The highest BCUT2D eigenvalue weighted by atomic mass is 32.2. The van der Waals surface area contributed by atoms with E-state index in [1.54, 1.807) is 19.1 Å². The molecule has 3 N–H and O–H groups in total. The van der Waals surface area contributed by atoms with E-state index in [1.807, 2.05) is 0 Å². The number of carbonyl (C=O) groups excluding carboxylic acids is 2. The first kappa shape index (κ1) is 17.2. The molecule has 1 aliphatic rings. The van der Waals surface area contributed by atoms with Crippen molar-refractivity contribution >= 4 is 27.7 Å². The van der Waals surface area contributed by atoms with Crippen LogP contribution in [0.2, 0.25) is 0 Å². The Morgan fingerprint density at radius 2 is 2.09 bits per heavy atom. The summed E-state index contributed by atoms with van der Waals surface area (Å²) in [6.07, 6.45) is 0.198. The van der Waals surface area contributed by atoms with Crippen LogP contribution in [0, 0.1) is 6.92 Å². The van der Waals surface area contributed by atoms with Crippen LogP contribution in [0.3, 0.4) is 0 Å². The largest absolute Gasteiger partial charge is 0.490 e. The predicted molar refractivity (Wildman–Crippen MR) is 79.7 cm³/mol. The molecule has 9 nitrogen and oxygen atoms in total.